The Morgan fingerprint density at radius 2 is 2.04 bits per heavy atom. The Morgan fingerprint density at radius 3 is 2.69 bits per heavy atom. The van der Waals surface area contributed by atoms with Crippen molar-refractivity contribution in [3.05, 3.63) is 58.1 Å². The number of non-ortho nitro benzene ring substituents is 1. The zero-order chi connectivity index (χ0) is 18.9. The van der Waals surface area contributed by atoms with Gasteiger partial charge in [0.05, 0.1) is 18.6 Å². The molecule has 138 valence electrons. The summed E-state index contributed by atoms with van der Waals surface area (Å²) in [6, 6.07) is 11.9. The van der Waals surface area contributed by atoms with Gasteiger partial charge < -0.3 is 20.1 Å². The molecular weight excluding hydrogens is 336 g/mol. The Labute approximate surface area is 152 Å². The highest BCUT2D eigenvalue weighted by atomic mass is 16.6. The van der Waals surface area contributed by atoms with Gasteiger partial charge in [-0.3, -0.25) is 15.1 Å². The van der Waals surface area contributed by atoms with Crippen LogP contribution in [0.3, 0.4) is 0 Å². The maximum atomic E-state index is 10.9. The molecule has 0 bridgehead atoms. The molecule has 0 aromatic heterocycles. The van der Waals surface area contributed by atoms with Crippen LogP contribution in [0, 0.1) is 10.1 Å². The van der Waals surface area contributed by atoms with Gasteiger partial charge in [-0.05, 0) is 24.6 Å². The number of nitro groups is 1. The molecule has 26 heavy (non-hydrogen) atoms. The van der Waals surface area contributed by atoms with Crippen molar-refractivity contribution in [3.63, 3.8) is 0 Å². The fraction of sp³-hybridized carbons (Fsp3) is 0.278. The molecule has 8 nitrogen and oxygen atoms in total. The van der Waals surface area contributed by atoms with Gasteiger partial charge in [-0.15, -0.1) is 0 Å². The molecule has 0 saturated carbocycles. The average molecular weight is 358 g/mol. The van der Waals surface area contributed by atoms with Crippen molar-refractivity contribution in [2.24, 2.45) is 4.99 Å². The van der Waals surface area contributed by atoms with Gasteiger partial charge in [0.15, 0.2) is 17.5 Å². The summed E-state index contributed by atoms with van der Waals surface area (Å²) < 4.78 is 10.8. The number of rotatable bonds is 7. The van der Waals surface area contributed by atoms with E-state index >= 15 is 0 Å². The van der Waals surface area contributed by atoms with Crippen LogP contribution in [-0.4, -0.2) is 31.6 Å². The van der Waals surface area contributed by atoms with Gasteiger partial charge in [0.2, 0.25) is 0 Å². The van der Waals surface area contributed by atoms with Crippen molar-refractivity contribution in [2.75, 3.05) is 26.1 Å². The maximum absolute atomic E-state index is 10.9. The van der Waals surface area contributed by atoms with Gasteiger partial charge in [0.1, 0.15) is 0 Å². The normalized spacial score (nSPS) is 11.0. The van der Waals surface area contributed by atoms with Crippen molar-refractivity contribution in [1.29, 1.82) is 0 Å². The van der Waals surface area contributed by atoms with Crippen LogP contribution in [0.5, 0.6) is 11.5 Å². The van der Waals surface area contributed by atoms with Crippen LogP contribution in [0.2, 0.25) is 0 Å². The van der Waals surface area contributed by atoms with Crippen molar-refractivity contribution in [2.45, 2.75) is 13.5 Å². The minimum absolute atomic E-state index is 0.0588. The Balaban J connectivity index is 2.04. The quantitative estimate of drug-likeness (QED) is 0.341. The molecule has 0 unspecified atom stereocenters. The van der Waals surface area contributed by atoms with Gasteiger partial charge in [-0.1, -0.05) is 12.1 Å². The fourth-order valence-electron chi connectivity index (χ4n) is 2.30. The Kier molecular flexibility index (Phi) is 6.78. The van der Waals surface area contributed by atoms with Gasteiger partial charge in [-0.25, -0.2) is 0 Å². The number of nitrogens with one attached hydrogen (secondary N) is 2. The van der Waals surface area contributed by atoms with E-state index < -0.39 is 4.92 Å². The number of methoxy groups -OCH3 is 1. The molecule has 0 atom stereocenters. The lowest BCUT2D eigenvalue weighted by atomic mass is 10.2. The molecular formula is C18H22N4O4. The average Bonchev–Trinajstić information content (AvgIpc) is 2.66. The molecule has 0 heterocycles. The molecule has 2 N–H and O–H groups in total. The van der Waals surface area contributed by atoms with Crippen LogP contribution >= 0.6 is 0 Å². The number of benzene rings is 2. The van der Waals surface area contributed by atoms with Crippen LogP contribution in [0.25, 0.3) is 0 Å². The number of hydrogen-bond donors (Lipinski definition) is 2. The van der Waals surface area contributed by atoms with Crippen LogP contribution in [0.4, 0.5) is 11.4 Å². The Morgan fingerprint density at radius 1 is 1.23 bits per heavy atom. The molecule has 2 aromatic rings. The van der Waals surface area contributed by atoms with Crippen molar-refractivity contribution < 1.29 is 14.4 Å². The summed E-state index contributed by atoms with van der Waals surface area (Å²) in [5, 5.41) is 17.1. The van der Waals surface area contributed by atoms with Crippen LogP contribution in [-0.2, 0) is 6.54 Å². The van der Waals surface area contributed by atoms with Crippen molar-refractivity contribution >= 4 is 17.3 Å². The summed E-state index contributed by atoms with van der Waals surface area (Å²) in [5.74, 6) is 1.81. The lowest BCUT2D eigenvalue weighted by Gasteiger charge is -2.14. The highest BCUT2D eigenvalue weighted by Gasteiger charge is 2.08. The minimum atomic E-state index is -0.414. The second-order valence-corrected chi connectivity index (χ2v) is 5.28. The predicted octanol–water partition coefficient (Wildman–Crippen LogP) is 3.19. The van der Waals surface area contributed by atoms with E-state index in [1.807, 2.05) is 31.2 Å². The second-order valence-electron chi connectivity index (χ2n) is 5.28. The molecule has 0 fully saturated rings. The molecule has 0 aliphatic heterocycles. The Bertz CT molecular complexity index is 793. The van der Waals surface area contributed by atoms with E-state index in [0.29, 0.717) is 30.6 Å². The molecule has 2 aromatic carbocycles. The first-order valence-electron chi connectivity index (χ1n) is 8.09. The van der Waals surface area contributed by atoms with E-state index in [4.69, 9.17) is 9.47 Å². The van der Waals surface area contributed by atoms with E-state index in [1.54, 1.807) is 20.2 Å². The molecule has 0 radical (unpaired) electrons. The molecule has 8 heteroatoms. The highest BCUT2D eigenvalue weighted by Crippen LogP contribution is 2.30. The lowest BCUT2D eigenvalue weighted by Crippen LogP contribution is -2.30. The topological polar surface area (TPSA) is 98.0 Å². The summed E-state index contributed by atoms with van der Waals surface area (Å²) in [7, 11) is 3.23. The summed E-state index contributed by atoms with van der Waals surface area (Å²) in [6.07, 6.45) is 0. The third-order valence-corrected chi connectivity index (χ3v) is 3.53. The molecule has 0 spiro atoms. The number of guanidine groups is 1. The molecule has 2 rings (SSSR count). The van der Waals surface area contributed by atoms with E-state index in [9.17, 15) is 10.1 Å². The first kappa shape index (κ1) is 19.0. The fourth-order valence-corrected chi connectivity index (χ4v) is 2.30. The third-order valence-electron chi connectivity index (χ3n) is 3.53. The highest BCUT2D eigenvalue weighted by molar-refractivity contribution is 5.93. The van der Waals surface area contributed by atoms with E-state index in [2.05, 4.69) is 15.6 Å². The Hall–Kier alpha value is -3.29. The SMILES string of the molecule is CCOc1ccc(NC(=NC)NCc2cccc([N+](=O)[O-])c2)cc1OC. The summed E-state index contributed by atoms with van der Waals surface area (Å²) in [5.41, 5.74) is 1.62. The van der Waals surface area contributed by atoms with Crippen molar-refractivity contribution in [3.8, 4) is 11.5 Å². The smallest absolute Gasteiger partial charge is 0.269 e. The number of ether oxygens (including phenoxy) is 2. The van der Waals surface area contributed by atoms with Crippen LogP contribution in [0.1, 0.15) is 12.5 Å². The largest absolute Gasteiger partial charge is 0.493 e. The van der Waals surface area contributed by atoms with E-state index in [-0.39, 0.29) is 5.69 Å². The van der Waals surface area contributed by atoms with E-state index in [0.717, 1.165) is 11.3 Å². The van der Waals surface area contributed by atoms with Gasteiger partial charge in [0, 0.05) is 37.5 Å². The zero-order valence-electron chi connectivity index (χ0n) is 15.0. The van der Waals surface area contributed by atoms with E-state index in [1.165, 1.54) is 12.1 Å². The van der Waals surface area contributed by atoms with Crippen molar-refractivity contribution in [1.82, 2.24) is 5.32 Å². The predicted molar refractivity (Wildman–Crippen MR) is 101 cm³/mol. The summed E-state index contributed by atoms with van der Waals surface area (Å²) >= 11 is 0. The first-order valence-corrected chi connectivity index (χ1v) is 8.09. The minimum Gasteiger partial charge on any atom is -0.493 e. The summed E-state index contributed by atoms with van der Waals surface area (Å²) in [6.45, 7) is 2.86. The van der Waals surface area contributed by atoms with Gasteiger partial charge in [0.25, 0.3) is 5.69 Å². The van der Waals surface area contributed by atoms with Crippen LogP contribution in [0.15, 0.2) is 47.5 Å². The van der Waals surface area contributed by atoms with Crippen LogP contribution < -0.4 is 20.1 Å². The molecule has 0 aliphatic carbocycles. The number of anilines is 1. The number of nitro benzene ring substituents is 1. The first-order chi connectivity index (χ1) is 12.6. The maximum Gasteiger partial charge on any atom is 0.269 e. The molecule has 0 saturated heterocycles. The molecule has 0 aliphatic rings. The van der Waals surface area contributed by atoms with Gasteiger partial charge in [-0.2, -0.15) is 0 Å². The molecule has 0 amide bonds. The number of nitrogens with zero attached hydrogens (tertiary/aromatic N) is 2. The lowest BCUT2D eigenvalue weighted by molar-refractivity contribution is -0.384. The number of hydrogen-bond acceptors (Lipinski definition) is 5. The third kappa shape index (κ3) is 5.10. The summed E-state index contributed by atoms with van der Waals surface area (Å²) in [4.78, 5) is 14.6. The standard InChI is InChI=1S/C18H22N4O4/c1-4-26-16-9-8-14(11-17(16)25-3)21-18(19-2)20-12-13-6-5-7-15(10-13)22(23)24/h5-11H,4,12H2,1-3H3,(H2,19,20,21). The van der Waals surface area contributed by atoms with Gasteiger partial charge >= 0.3 is 0 Å². The second kappa shape index (κ2) is 9.26. The zero-order valence-corrected chi connectivity index (χ0v) is 15.0. The number of aliphatic imine (C=N–C) groups is 1. The monoisotopic (exact) mass is 358 g/mol.